The molecule has 2 saturated heterocycles. The molecular weight excluding hydrogens is 449 g/mol. The molecule has 0 saturated carbocycles. The predicted octanol–water partition coefficient (Wildman–Crippen LogP) is 3.69. The largest absolute Gasteiger partial charge is 0.416 e. The number of nitrogens with one attached hydrogen (secondary N) is 1. The second-order valence-corrected chi connectivity index (χ2v) is 8.48. The van der Waals surface area contributed by atoms with Gasteiger partial charge >= 0.3 is 12.2 Å². The number of aromatic nitrogens is 1. The molecule has 180 valence electrons. The summed E-state index contributed by atoms with van der Waals surface area (Å²) in [6.07, 6.45) is -1.75. The highest BCUT2D eigenvalue weighted by molar-refractivity contribution is 6.01. The number of alkyl halides is 3. The van der Waals surface area contributed by atoms with Crippen LogP contribution in [-0.2, 0) is 22.2 Å². The van der Waals surface area contributed by atoms with Crippen molar-refractivity contribution < 1.29 is 27.6 Å². The van der Waals surface area contributed by atoms with Gasteiger partial charge in [0.15, 0.2) is 0 Å². The Kier molecular flexibility index (Phi) is 6.85. The van der Waals surface area contributed by atoms with E-state index in [4.69, 9.17) is 4.98 Å². The fraction of sp³-hybridized carbons (Fsp3) is 0.417. The van der Waals surface area contributed by atoms with Crippen LogP contribution in [0.25, 0.3) is 0 Å². The third kappa shape index (κ3) is 5.37. The first-order valence-electron chi connectivity index (χ1n) is 11.2. The van der Waals surface area contributed by atoms with Gasteiger partial charge in [0, 0.05) is 31.6 Å². The third-order valence-corrected chi connectivity index (χ3v) is 6.12. The Morgan fingerprint density at radius 1 is 1.12 bits per heavy atom. The number of imide groups is 1. The van der Waals surface area contributed by atoms with Gasteiger partial charge in [-0.25, -0.2) is 4.79 Å². The number of carbonyl (C=O) groups is 3. The average molecular weight is 474 g/mol. The number of carbonyl (C=O) groups excluding carboxylic acids is 3. The van der Waals surface area contributed by atoms with Crippen molar-refractivity contribution in [2.24, 2.45) is 0 Å². The minimum absolute atomic E-state index is 0.00450. The highest BCUT2D eigenvalue weighted by Crippen LogP contribution is 2.32. The molecule has 1 aromatic carbocycles. The minimum Gasteiger partial charge on any atom is -0.334 e. The Morgan fingerprint density at radius 2 is 1.88 bits per heavy atom. The molecule has 34 heavy (non-hydrogen) atoms. The lowest BCUT2D eigenvalue weighted by Gasteiger charge is -2.25. The van der Waals surface area contributed by atoms with Crippen LogP contribution in [0.1, 0.15) is 54.2 Å². The van der Waals surface area contributed by atoms with Crippen LogP contribution in [0.4, 0.5) is 18.0 Å². The fourth-order valence-electron chi connectivity index (χ4n) is 4.39. The van der Waals surface area contributed by atoms with Crippen molar-refractivity contribution in [3.05, 3.63) is 65.0 Å². The molecule has 2 fully saturated rings. The van der Waals surface area contributed by atoms with Crippen molar-refractivity contribution in [2.45, 2.75) is 44.3 Å². The highest BCUT2D eigenvalue weighted by Gasteiger charge is 2.32. The van der Waals surface area contributed by atoms with Gasteiger partial charge < -0.3 is 10.2 Å². The molecule has 0 bridgehead atoms. The van der Waals surface area contributed by atoms with E-state index < -0.39 is 17.8 Å². The van der Waals surface area contributed by atoms with Crippen LogP contribution < -0.4 is 5.32 Å². The van der Waals surface area contributed by atoms with Crippen molar-refractivity contribution in [1.82, 2.24) is 20.1 Å². The number of hydrogen-bond donors (Lipinski definition) is 1. The van der Waals surface area contributed by atoms with Crippen LogP contribution in [0.5, 0.6) is 0 Å². The Balaban J connectivity index is 1.37. The Bertz CT molecular complexity index is 1060. The monoisotopic (exact) mass is 474 g/mol. The summed E-state index contributed by atoms with van der Waals surface area (Å²) in [4.78, 5) is 43.7. The molecule has 1 atom stereocenters. The summed E-state index contributed by atoms with van der Waals surface area (Å²) in [5.74, 6) is -0.338. The summed E-state index contributed by atoms with van der Waals surface area (Å²) in [7, 11) is 0. The van der Waals surface area contributed by atoms with E-state index in [1.165, 1.54) is 12.1 Å². The van der Waals surface area contributed by atoms with Crippen LogP contribution >= 0.6 is 0 Å². The molecule has 2 aliphatic rings. The molecule has 1 N–H and O–H groups in total. The second kappa shape index (κ2) is 9.82. The number of halogens is 3. The normalized spacial score (nSPS) is 18.5. The molecule has 0 unspecified atom stereocenters. The van der Waals surface area contributed by atoms with Gasteiger partial charge in [0.1, 0.15) is 0 Å². The lowest BCUT2D eigenvalue weighted by atomic mass is 10.0. The summed E-state index contributed by atoms with van der Waals surface area (Å²) in [6.45, 7) is 0.808. The summed E-state index contributed by atoms with van der Waals surface area (Å²) >= 11 is 0. The van der Waals surface area contributed by atoms with E-state index in [9.17, 15) is 27.6 Å². The van der Waals surface area contributed by atoms with Gasteiger partial charge in [-0.1, -0.05) is 18.2 Å². The highest BCUT2D eigenvalue weighted by atomic mass is 19.4. The molecule has 7 nitrogen and oxygen atoms in total. The zero-order valence-corrected chi connectivity index (χ0v) is 18.5. The first kappa shape index (κ1) is 23.7. The molecule has 4 amide bonds. The number of rotatable bonds is 7. The molecule has 2 aromatic rings. The van der Waals surface area contributed by atoms with Crippen molar-refractivity contribution in [2.75, 3.05) is 19.6 Å². The lowest BCUT2D eigenvalue weighted by Crippen LogP contribution is -2.34. The number of amides is 4. The van der Waals surface area contributed by atoms with Gasteiger partial charge in [-0.2, -0.15) is 13.2 Å². The van der Waals surface area contributed by atoms with E-state index in [0.717, 1.165) is 46.8 Å². The van der Waals surface area contributed by atoms with E-state index in [0.29, 0.717) is 19.4 Å². The maximum Gasteiger partial charge on any atom is 0.416 e. The SMILES string of the molecule is O=C1CNC(=O)N1CCCC(=O)N1CCC[C@H]1c1cccc(Cc2ccc(C(F)(F)F)cc2)n1. The maximum atomic E-state index is 12.9. The molecule has 0 radical (unpaired) electrons. The summed E-state index contributed by atoms with van der Waals surface area (Å²) < 4.78 is 38.4. The third-order valence-electron chi connectivity index (χ3n) is 6.12. The smallest absolute Gasteiger partial charge is 0.334 e. The standard InChI is InChI=1S/C24H25F3N4O3/c25-24(26,27)17-10-8-16(9-11-17)14-18-4-1-5-19(29-18)20-6-2-12-30(20)21(32)7-3-13-31-22(33)15-28-23(31)34/h1,4-5,8-11,20H,2-3,6-7,12-15H2,(H,28,34)/t20-/m0/s1. The Morgan fingerprint density at radius 3 is 2.56 bits per heavy atom. The summed E-state index contributed by atoms with van der Waals surface area (Å²) in [5.41, 5.74) is 1.50. The molecule has 4 rings (SSSR count). The molecule has 0 spiro atoms. The van der Waals surface area contributed by atoms with Gasteiger partial charge in [0.05, 0.1) is 23.8 Å². The first-order chi connectivity index (χ1) is 16.2. The number of urea groups is 1. The average Bonchev–Trinajstić information content (AvgIpc) is 3.41. The van der Waals surface area contributed by atoms with Crippen LogP contribution in [0.15, 0.2) is 42.5 Å². The zero-order valence-electron chi connectivity index (χ0n) is 18.5. The molecule has 1 aromatic heterocycles. The van der Waals surface area contributed by atoms with Crippen molar-refractivity contribution >= 4 is 17.8 Å². The molecule has 0 aliphatic carbocycles. The lowest BCUT2D eigenvalue weighted by molar-refractivity contribution is -0.137. The van der Waals surface area contributed by atoms with E-state index >= 15 is 0 Å². The van der Waals surface area contributed by atoms with E-state index in [-0.39, 0.29) is 37.4 Å². The quantitative estimate of drug-likeness (QED) is 0.621. The first-order valence-corrected chi connectivity index (χ1v) is 11.2. The number of likely N-dealkylation sites (tertiary alicyclic amines) is 1. The second-order valence-electron chi connectivity index (χ2n) is 8.48. The molecule has 10 heteroatoms. The Hall–Kier alpha value is -3.43. The summed E-state index contributed by atoms with van der Waals surface area (Å²) in [5, 5.41) is 2.46. The topological polar surface area (TPSA) is 82.6 Å². The van der Waals surface area contributed by atoms with E-state index in [1.807, 2.05) is 18.2 Å². The van der Waals surface area contributed by atoms with E-state index in [1.54, 1.807) is 4.90 Å². The van der Waals surface area contributed by atoms with Crippen molar-refractivity contribution in [1.29, 1.82) is 0 Å². The molecular formula is C24H25F3N4O3. The van der Waals surface area contributed by atoms with Crippen LogP contribution in [0.3, 0.4) is 0 Å². The van der Waals surface area contributed by atoms with Gasteiger partial charge in [-0.15, -0.1) is 0 Å². The number of nitrogens with zero attached hydrogens (tertiary/aromatic N) is 3. The van der Waals surface area contributed by atoms with Crippen molar-refractivity contribution in [3.63, 3.8) is 0 Å². The minimum atomic E-state index is -4.37. The van der Waals surface area contributed by atoms with Gasteiger partial charge in [-0.3, -0.25) is 19.5 Å². The van der Waals surface area contributed by atoms with Gasteiger partial charge in [-0.05, 0) is 49.1 Å². The van der Waals surface area contributed by atoms with Crippen LogP contribution in [0.2, 0.25) is 0 Å². The Labute approximate surface area is 194 Å². The number of benzene rings is 1. The zero-order chi connectivity index (χ0) is 24.3. The maximum absolute atomic E-state index is 12.9. The van der Waals surface area contributed by atoms with Crippen LogP contribution in [-0.4, -0.2) is 52.3 Å². The number of pyridine rings is 1. The van der Waals surface area contributed by atoms with E-state index in [2.05, 4.69) is 5.32 Å². The summed E-state index contributed by atoms with van der Waals surface area (Å²) in [6, 6.07) is 9.97. The van der Waals surface area contributed by atoms with Crippen molar-refractivity contribution in [3.8, 4) is 0 Å². The van der Waals surface area contributed by atoms with Gasteiger partial charge in [0.2, 0.25) is 11.8 Å². The molecule has 3 heterocycles. The number of hydrogen-bond acceptors (Lipinski definition) is 4. The fourth-order valence-corrected chi connectivity index (χ4v) is 4.39. The molecule has 2 aliphatic heterocycles. The van der Waals surface area contributed by atoms with Gasteiger partial charge in [0.25, 0.3) is 0 Å². The predicted molar refractivity (Wildman–Crippen MR) is 117 cm³/mol. The van der Waals surface area contributed by atoms with Crippen LogP contribution in [0, 0.1) is 0 Å².